The molecule has 1 nitrogen and oxygen atoms in total. The van der Waals surface area contributed by atoms with Gasteiger partial charge in [-0.1, -0.05) is 50.5 Å². The van der Waals surface area contributed by atoms with Crippen molar-refractivity contribution in [1.29, 1.82) is 0 Å². The summed E-state index contributed by atoms with van der Waals surface area (Å²) >= 11 is 0. The quantitative estimate of drug-likeness (QED) is 0.533. The minimum atomic E-state index is -0.0848. The second-order valence-corrected chi connectivity index (χ2v) is 5.98. The zero-order valence-corrected chi connectivity index (χ0v) is 13.0. The van der Waals surface area contributed by atoms with Crippen LogP contribution in [0.3, 0.4) is 0 Å². The summed E-state index contributed by atoms with van der Waals surface area (Å²) < 4.78 is 6.09. The Morgan fingerprint density at radius 2 is 1.74 bits per heavy atom. The first-order valence-electron chi connectivity index (χ1n) is 7.39. The number of hydrogen-bond donors (Lipinski definition) is 0. The second-order valence-electron chi connectivity index (χ2n) is 5.98. The molecule has 0 saturated carbocycles. The van der Waals surface area contributed by atoms with E-state index >= 15 is 0 Å². The molecular formula is C18H28O. The van der Waals surface area contributed by atoms with Gasteiger partial charge in [-0.15, -0.1) is 0 Å². The van der Waals surface area contributed by atoms with Crippen LogP contribution in [0.2, 0.25) is 0 Å². The molecule has 0 fully saturated rings. The zero-order chi connectivity index (χ0) is 14.3. The van der Waals surface area contributed by atoms with Crippen molar-refractivity contribution in [3.05, 3.63) is 36.4 Å². The average molecular weight is 260 g/mol. The lowest BCUT2D eigenvalue weighted by Crippen LogP contribution is -2.27. The predicted molar refractivity (Wildman–Crippen MR) is 84.6 cm³/mol. The van der Waals surface area contributed by atoms with Crippen LogP contribution in [0.5, 0.6) is 5.75 Å². The molecule has 0 aliphatic heterocycles. The summed E-state index contributed by atoms with van der Waals surface area (Å²) in [7, 11) is 0. The molecule has 106 valence electrons. The Kier molecular flexibility index (Phi) is 6.14. The van der Waals surface area contributed by atoms with Crippen molar-refractivity contribution in [3.8, 4) is 5.75 Å². The number of ether oxygens (including phenoxy) is 1. The fourth-order valence-corrected chi connectivity index (χ4v) is 2.16. The molecule has 0 atom stereocenters. The highest BCUT2D eigenvalue weighted by Crippen LogP contribution is 2.24. The van der Waals surface area contributed by atoms with Crippen LogP contribution in [-0.2, 0) is 0 Å². The summed E-state index contributed by atoms with van der Waals surface area (Å²) in [5.41, 5.74) is 2.18. The van der Waals surface area contributed by atoms with Gasteiger partial charge in [0.15, 0.2) is 0 Å². The molecule has 0 unspecified atom stereocenters. The number of rotatable bonds is 8. The third-order valence-electron chi connectivity index (χ3n) is 3.37. The smallest absolute Gasteiger partial charge is 0.120 e. The first kappa shape index (κ1) is 15.8. The number of unbranched alkanes of at least 4 members (excludes halogenated alkanes) is 3. The normalized spacial score (nSPS) is 11.4. The van der Waals surface area contributed by atoms with Crippen molar-refractivity contribution >= 4 is 5.57 Å². The molecule has 1 rings (SSSR count). The Labute approximate surface area is 118 Å². The molecular weight excluding hydrogens is 232 g/mol. The average Bonchev–Trinajstić information content (AvgIpc) is 2.35. The lowest BCUT2D eigenvalue weighted by molar-refractivity contribution is 0.0961. The largest absolute Gasteiger partial charge is 0.488 e. The van der Waals surface area contributed by atoms with Crippen molar-refractivity contribution in [2.45, 2.75) is 65.4 Å². The first-order chi connectivity index (χ1) is 8.94. The monoisotopic (exact) mass is 260 g/mol. The molecule has 19 heavy (non-hydrogen) atoms. The Morgan fingerprint density at radius 1 is 1.11 bits per heavy atom. The van der Waals surface area contributed by atoms with Gasteiger partial charge in [0.25, 0.3) is 0 Å². The highest BCUT2D eigenvalue weighted by Gasteiger charge is 2.19. The molecule has 0 aromatic heterocycles. The summed E-state index contributed by atoms with van der Waals surface area (Å²) in [6, 6.07) is 8.23. The molecule has 0 radical (unpaired) electrons. The predicted octanol–water partition coefficient (Wildman–Crippen LogP) is 5.85. The van der Waals surface area contributed by atoms with Gasteiger partial charge >= 0.3 is 0 Å². The molecule has 0 aliphatic rings. The lowest BCUT2D eigenvalue weighted by Gasteiger charge is -2.26. The molecule has 0 heterocycles. The Hall–Kier alpha value is -1.24. The Morgan fingerprint density at radius 3 is 2.26 bits per heavy atom. The Balaban J connectivity index is 2.50. The fraction of sp³-hybridized carbons (Fsp3) is 0.556. The maximum Gasteiger partial charge on any atom is 0.120 e. The molecule has 0 spiro atoms. The van der Waals surface area contributed by atoms with Gasteiger partial charge in [-0.05, 0) is 51.3 Å². The maximum atomic E-state index is 6.09. The van der Waals surface area contributed by atoms with Crippen molar-refractivity contribution in [1.82, 2.24) is 0 Å². The minimum absolute atomic E-state index is 0.0848. The van der Waals surface area contributed by atoms with E-state index in [-0.39, 0.29) is 5.60 Å². The van der Waals surface area contributed by atoms with E-state index in [9.17, 15) is 0 Å². The van der Waals surface area contributed by atoms with Gasteiger partial charge in [-0.3, -0.25) is 0 Å². The number of benzene rings is 1. The lowest BCUT2D eigenvalue weighted by atomic mass is 9.99. The van der Waals surface area contributed by atoms with Crippen LogP contribution in [0, 0.1) is 0 Å². The van der Waals surface area contributed by atoms with Crippen molar-refractivity contribution in [2.75, 3.05) is 0 Å². The van der Waals surface area contributed by atoms with Crippen LogP contribution in [-0.4, -0.2) is 5.60 Å². The van der Waals surface area contributed by atoms with Crippen LogP contribution in [0.15, 0.2) is 30.8 Å². The van der Waals surface area contributed by atoms with Gasteiger partial charge < -0.3 is 4.74 Å². The summed E-state index contributed by atoms with van der Waals surface area (Å²) in [5, 5.41) is 0. The van der Waals surface area contributed by atoms with Crippen LogP contribution in [0.1, 0.15) is 65.4 Å². The maximum absolute atomic E-state index is 6.09. The van der Waals surface area contributed by atoms with Gasteiger partial charge in [0.1, 0.15) is 11.4 Å². The van der Waals surface area contributed by atoms with E-state index in [4.69, 9.17) is 4.74 Å². The second kappa shape index (κ2) is 7.37. The van der Waals surface area contributed by atoms with Crippen LogP contribution in [0.25, 0.3) is 5.57 Å². The van der Waals surface area contributed by atoms with E-state index in [0.717, 1.165) is 17.7 Å². The first-order valence-corrected chi connectivity index (χ1v) is 7.39. The fourth-order valence-electron chi connectivity index (χ4n) is 2.16. The van der Waals surface area contributed by atoms with Gasteiger partial charge in [0, 0.05) is 0 Å². The standard InChI is InChI=1S/C18H28O/c1-6-7-8-9-14-18(4,5)19-17-12-10-16(11-13-17)15(2)3/h10-13H,2,6-9,14H2,1,3-5H3. The molecule has 0 N–H and O–H groups in total. The summed E-state index contributed by atoms with van der Waals surface area (Å²) in [4.78, 5) is 0. The molecule has 1 heteroatoms. The molecule has 1 aromatic rings. The van der Waals surface area contributed by atoms with Gasteiger partial charge in [-0.25, -0.2) is 0 Å². The highest BCUT2D eigenvalue weighted by atomic mass is 16.5. The zero-order valence-electron chi connectivity index (χ0n) is 13.0. The topological polar surface area (TPSA) is 9.23 Å². The molecule has 0 saturated heterocycles. The summed E-state index contributed by atoms with van der Waals surface area (Å²) in [6.07, 6.45) is 6.25. The summed E-state index contributed by atoms with van der Waals surface area (Å²) in [5.74, 6) is 0.950. The third kappa shape index (κ3) is 5.96. The van der Waals surface area contributed by atoms with E-state index in [1.807, 2.05) is 19.1 Å². The third-order valence-corrected chi connectivity index (χ3v) is 3.37. The van der Waals surface area contributed by atoms with E-state index in [0.29, 0.717) is 0 Å². The van der Waals surface area contributed by atoms with Crippen molar-refractivity contribution < 1.29 is 4.74 Å². The SMILES string of the molecule is C=C(C)c1ccc(OC(C)(C)CCCCCC)cc1. The van der Waals surface area contributed by atoms with Crippen LogP contribution in [0.4, 0.5) is 0 Å². The van der Waals surface area contributed by atoms with E-state index in [1.54, 1.807) is 0 Å². The molecule has 0 aliphatic carbocycles. The minimum Gasteiger partial charge on any atom is -0.488 e. The van der Waals surface area contributed by atoms with Crippen LogP contribution < -0.4 is 4.74 Å². The van der Waals surface area contributed by atoms with Crippen LogP contribution >= 0.6 is 0 Å². The van der Waals surface area contributed by atoms with E-state index < -0.39 is 0 Å². The summed E-state index contributed by atoms with van der Waals surface area (Å²) in [6.45, 7) is 12.6. The van der Waals surface area contributed by atoms with Gasteiger partial charge in [0.2, 0.25) is 0 Å². The molecule has 1 aromatic carbocycles. The van der Waals surface area contributed by atoms with Crippen molar-refractivity contribution in [3.63, 3.8) is 0 Å². The van der Waals surface area contributed by atoms with E-state index in [2.05, 4.69) is 39.5 Å². The van der Waals surface area contributed by atoms with Gasteiger partial charge in [0.05, 0.1) is 0 Å². The highest BCUT2D eigenvalue weighted by molar-refractivity contribution is 5.61. The Bertz CT molecular complexity index is 387. The molecule has 0 bridgehead atoms. The number of allylic oxidation sites excluding steroid dienone is 1. The van der Waals surface area contributed by atoms with Crippen molar-refractivity contribution in [2.24, 2.45) is 0 Å². The van der Waals surface area contributed by atoms with E-state index in [1.165, 1.54) is 31.2 Å². The van der Waals surface area contributed by atoms with Gasteiger partial charge in [-0.2, -0.15) is 0 Å². The molecule has 0 amide bonds. The number of hydrogen-bond acceptors (Lipinski definition) is 1.